The van der Waals surface area contributed by atoms with Gasteiger partial charge in [0.1, 0.15) is 5.60 Å². The van der Waals surface area contributed by atoms with Gasteiger partial charge in [0.25, 0.3) is 0 Å². The van der Waals surface area contributed by atoms with E-state index >= 15 is 0 Å². The van der Waals surface area contributed by atoms with E-state index < -0.39 is 0 Å². The molecule has 0 atom stereocenters. The second-order valence-electron chi connectivity index (χ2n) is 6.25. The molecule has 0 aromatic carbocycles. The summed E-state index contributed by atoms with van der Waals surface area (Å²) in [5.74, 6) is 1.52. The Labute approximate surface area is 122 Å². The van der Waals surface area contributed by atoms with Gasteiger partial charge in [-0.25, -0.2) is 9.97 Å². The number of nitrogens with zero attached hydrogens (tertiary/aromatic N) is 2. The van der Waals surface area contributed by atoms with E-state index in [2.05, 4.69) is 30.2 Å². The van der Waals surface area contributed by atoms with Crippen molar-refractivity contribution < 1.29 is 4.74 Å². The van der Waals surface area contributed by atoms with Gasteiger partial charge in [-0.15, -0.1) is 0 Å². The number of aryl methyl sites for hydroxylation is 1. The summed E-state index contributed by atoms with van der Waals surface area (Å²) in [5.41, 5.74) is 1.84. The van der Waals surface area contributed by atoms with Gasteiger partial charge in [-0.1, -0.05) is 13.8 Å². The summed E-state index contributed by atoms with van der Waals surface area (Å²) >= 11 is 0. The van der Waals surface area contributed by atoms with E-state index in [1.54, 1.807) is 7.11 Å². The molecule has 1 fully saturated rings. The molecule has 1 aromatic heterocycles. The first kappa shape index (κ1) is 15.4. The second kappa shape index (κ2) is 6.64. The van der Waals surface area contributed by atoms with Crippen LogP contribution in [0.4, 0.5) is 0 Å². The van der Waals surface area contributed by atoms with Crippen LogP contribution in [0.25, 0.3) is 0 Å². The Morgan fingerprint density at radius 2 is 2.00 bits per heavy atom. The topological polar surface area (TPSA) is 47.0 Å². The van der Waals surface area contributed by atoms with Crippen molar-refractivity contribution >= 4 is 0 Å². The largest absolute Gasteiger partial charge is 0.370 e. The molecule has 0 spiro atoms. The minimum atomic E-state index is -0.251. The summed E-state index contributed by atoms with van der Waals surface area (Å²) in [4.78, 5) is 9.39. The van der Waals surface area contributed by atoms with Gasteiger partial charge in [0.05, 0.1) is 5.69 Å². The molecule has 1 N–H and O–H groups in total. The average molecular weight is 277 g/mol. The van der Waals surface area contributed by atoms with Crippen molar-refractivity contribution in [3.05, 3.63) is 23.3 Å². The third-order valence-electron chi connectivity index (χ3n) is 3.98. The minimum Gasteiger partial charge on any atom is -0.370 e. The molecule has 1 saturated carbocycles. The van der Waals surface area contributed by atoms with Crippen LogP contribution in [-0.4, -0.2) is 23.6 Å². The van der Waals surface area contributed by atoms with E-state index in [1.807, 2.05) is 6.92 Å². The van der Waals surface area contributed by atoms with Crippen molar-refractivity contribution in [2.75, 3.05) is 13.7 Å². The Hall–Kier alpha value is -1.00. The molecule has 1 aliphatic carbocycles. The first-order valence-electron chi connectivity index (χ1n) is 7.66. The first-order chi connectivity index (χ1) is 9.55. The molecule has 0 unspecified atom stereocenters. The maximum atomic E-state index is 5.79. The van der Waals surface area contributed by atoms with Crippen molar-refractivity contribution in [2.45, 2.75) is 58.6 Å². The lowest BCUT2D eigenvalue weighted by molar-refractivity contribution is -0.0166. The fourth-order valence-corrected chi connectivity index (χ4v) is 2.88. The monoisotopic (exact) mass is 277 g/mol. The molecule has 0 radical (unpaired) electrons. The number of hydrogen-bond acceptors (Lipinski definition) is 4. The zero-order valence-electron chi connectivity index (χ0n) is 13.2. The van der Waals surface area contributed by atoms with Gasteiger partial charge in [-0.3, -0.25) is 0 Å². The third-order valence-corrected chi connectivity index (χ3v) is 3.98. The summed E-state index contributed by atoms with van der Waals surface area (Å²) < 4.78 is 5.79. The van der Waals surface area contributed by atoms with Crippen molar-refractivity contribution in [3.63, 3.8) is 0 Å². The van der Waals surface area contributed by atoms with Gasteiger partial charge in [0.15, 0.2) is 5.82 Å². The fraction of sp³-hybridized carbons (Fsp3) is 0.750. The predicted molar refractivity (Wildman–Crippen MR) is 80.5 cm³/mol. The third kappa shape index (κ3) is 3.55. The standard InChI is InChI=1S/C16H27N3O/c1-12(2)10-17-11-14-9-13(3)18-15(19-14)16(20-4)7-5-6-8-16/h9,12,17H,5-8,10-11H2,1-4H3. The van der Waals surface area contributed by atoms with Gasteiger partial charge < -0.3 is 10.1 Å². The van der Waals surface area contributed by atoms with Crippen molar-refractivity contribution in [1.29, 1.82) is 0 Å². The molecule has 20 heavy (non-hydrogen) atoms. The SMILES string of the molecule is COC1(c2nc(C)cc(CNCC(C)C)n2)CCCC1. The lowest BCUT2D eigenvalue weighted by Crippen LogP contribution is -2.29. The van der Waals surface area contributed by atoms with Crippen LogP contribution in [0.3, 0.4) is 0 Å². The summed E-state index contributed by atoms with van der Waals surface area (Å²) in [6.07, 6.45) is 4.47. The van der Waals surface area contributed by atoms with Crippen LogP contribution in [0.1, 0.15) is 56.7 Å². The fourth-order valence-electron chi connectivity index (χ4n) is 2.88. The van der Waals surface area contributed by atoms with Crippen LogP contribution in [0.5, 0.6) is 0 Å². The summed E-state index contributed by atoms with van der Waals surface area (Å²) in [6, 6.07) is 2.06. The highest BCUT2D eigenvalue weighted by Crippen LogP contribution is 2.39. The number of rotatable bonds is 6. The molecule has 4 heteroatoms. The quantitative estimate of drug-likeness (QED) is 0.868. The van der Waals surface area contributed by atoms with Gasteiger partial charge >= 0.3 is 0 Å². The number of aromatic nitrogens is 2. The molecule has 4 nitrogen and oxygen atoms in total. The van der Waals surface area contributed by atoms with Crippen LogP contribution in [0.15, 0.2) is 6.07 Å². The summed E-state index contributed by atoms with van der Waals surface area (Å²) in [7, 11) is 1.79. The number of hydrogen-bond donors (Lipinski definition) is 1. The number of methoxy groups -OCH3 is 1. The lowest BCUT2D eigenvalue weighted by atomic mass is 10.0. The molecular formula is C16H27N3O. The van der Waals surface area contributed by atoms with Gasteiger partial charge in [0.2, 0.25) is 0 Å². The Morgan fingerprint density at radius 1 is 1.30 bits per heavy atom. The van der Waals surface area contributed by atoms with Crippen molar-refractivity contribution in [3.8, 4) is 0 Å². The maximum Gasteiger partial charge on any atom is 0.160 e. The normalized spacial score (nSPS) is 17.9. The van der Waals surface area contributed by atoms with Crippen LogP contribution in [0.2, 0.25) is 0 Å². The number of nitrogens with one attached hydrogen (secondary N) is 1. The van der Waals surface area contributed by atoms with Crippen LogP contribution < -0.4 is 5.32 Å². The van der Waals surface area contributed by atoms with E-state index in [9.17, 15) is 0 Å². The van der Waals surface area contributed by atoms with E-state index in [0.717, 1.165) is 43.1 Å². The minimum absolute atomic E-state index is 0.251. The maximum absolute atomic E-state index is 5.79. The lowest BCUT2D eigenvalue weighted by Gasteiger charge is -2.26. The molecular weight excluding hydrogens is 250 g/mol. The molecule has 1 aliphatic rings. The molecule has 1 heterocycles. The highest BCUT2D eigenvalue weighted by Gasteiger charge is 2.38. The summed E-state index contributed by atoms with van der Waals surface area (Å²) in [5, 5.41) is 3.45. The van der Waals surface area contributed by atoms with E-state index in [-0.39, 0.29) is 5.60 Å². The molecule has 0 aliphatic heterocycles. The Kier molecular flexibility index (Phi) is 5.11. The zero-order valence-corrected chi connectivity index (χ0v) is 13.2. The van der Waals surface area contributed by atoms with E-state index in [4.69, 9.17) is 9.72 Å². The second-order valence-corrected chi connectivity index (χ2v) is 6.25. The Bertz CT molecular complexity index is 439. The Balaban J connectivity index is 2.15. The molecule has 0 bridgehead atoms. The highest BCUT2D eigenvalue weighted by atomic mass is 16.5. The molecule has 1 aromatic rings. The predicted octanol–water partition coefficient (Wildman–Crippen LogP) is 2.95. The zero-order chi connectivity index (χ0) is 14.6. The highest BCUT2D eigenvalue weighted by molar-refractivity contribution is 5.15. The van der Waals surface area contributed by atoms with E-state index in [0.29, 0.717) is 5.92 Å². The van der Waals surface area contributed by atoms with Crippen LogP contribution in [-0.2, 0) is 16.9 Å². The summed E-state index contributed by atoms with van der Waals surface area (Å²) in [6.45, 7) is 8.27. The molecule has 112 valence electrons. The van der Waals surface area contributed by atoms with Crippen molar-refractivity contribution in [2.24, 2.45) is 5.92 Å². The van der Waals surface area contributed by atoms with E-state index in [1.165, 1.54) is 12.8 Å². The number of ether oxygens (including phenoxy) is 1. The first-order valence-corrected chi connectivity index (χ1v) is 7.66. The molecule has 0 amide bonds. The Morgan fingerprint density at radius 3 is 2.60 bits per heavy atom. The van der Waals surface area contributed by atoms with Crippen LogP contribution in [0, 0.1) is 12.8 Å². The van der Waals surface area contributed by atoms with Crippen LogP contribution >= 0.6 is 0 Å². The molecule has 2 rings (SSSR count). The van der Waals surface area contributed by atoms with Gasteiger partial charge in [0, 0.05) is 19.3 Å². The van der Waals surface area contributed by atoms with Gasteiger partial charge in [-0.05, 0) is 51.1 Å². The van der Waals surface area contributed by atoms with Gasteiger partial charge in [-0.2, -0.15) is 0 Å². The van der Waals surface area contributed by atoms with Crippen molar-refractivity contribution in [1.82, 2.24) is 15.3 Å². The smallest absolute Gasteiger partial charge is 0.160 e. The molecule has 0 saturated heterocycles. The average Bonchev–Trinajstić information content (AvgIpc) is 2.87.